The molecule has 6 rings (SSSR count). The summed E-state index contributed by atoms with van der Waals surface area (Å²) in [5.41, 5.74) is 2.19. The van der Waals surface area contributed by atoms with Gasteiger partial charge in [0.15, 0.2) is 0 Å². The van der Waals surface area contributed by atoms with E-state index in [1.807, 2.05) is 36.1 Å². The second-order valence-electron chi connectivity index (χ2n) is 12.0. The van der Waals surface area contributed by atoms with Crippen LogP contribution in [0, 0.1) is 12.7 Å². The Morgan fingerprint density at radius 3 is 2.45 bits per heavy atom. The average Bonchev–Trinajstić information content (AvgIpc) is 3.27. The molecule has 10 heteroatoms. The molecular weight excluding hydrogens is 602 g/mol. The fraction of sp³-hybridized carbons (Fsp3) is 0.382. The molecule has 0 unspecified atom stereocenters. The minimum absolute atomic E-state index is 0.0767. The molecule has 3 aromatic carbocycles. The molecule has 1 N–H and O–H groups in total. The van der Waals surface area contributed by atoms with Crippen LogP contribution in [-0.4, -0.2) is 71.7 Å². The highest BCUT2D eigenvalue weighted by atomic mass is 35.5. The van der Waals surface area contributed by atoms with Gasteiger partial charge in [0.05, 0.1) is 6.04 Å². The maximum atomic E-state index is 15.0. The summed E-state index contributed by atoms with van der Waals surface area (Å²) in [4.78, 5) is 46.5. The number of nitrogens with one attached hydrogen (secondary N) is 1. The van der Waals surface area contributed by atoms with Gasteiger partial charge < -0.3 is 15.1 Å². The van der Waals surface area contributed by atoms with Gasteiger partial charge in [0, 0.05) is 67.7 Å². The lowest BCUT2D eigenvalue weighted by Gasteiger charge is -2.52. The molecule has 7 nitrogen and oxygen atoms in total. The Morgan fingerprint density at radius 1 is 0.977 bits per heavy atom. The van der Waals surface area contributed by atoms with Crippen molar-refractivity contribution in [3.05, 3.63) is 98.8 Å². The number of rotatable bonds is 6. The molecule has 0 bridgehead atoms. The normalized spacial score (nSPS) is 23.7. The molecule has 0 saturated carbocycles. The Balaban J connectivity index is 1.45. The summed E-state index contributed by atoms with van der Waals surface area (Å²) in [5, 5.41) is 4.06. The highest BCUT2D eigenvalue weighted by molar-refractivity contribution is 6.31. The van der Waals surface area contributed by atoms with Gasteiger partial charge in [0.25, 0.3) is 0 Å². The van der Waals surface area contributed by atoms with E-state index in [4.69, 9.17) is 23.2 Å². The van der Waals surface area contributed by atoms with Crippen LogP contribution in [0.5, 0.6) is 0 Å². The highest BCUT2D eigenvalue weighted by Crippen LogP contribution is 2.60. The number of aryl methyl sites for hydroxylation is 1. The van der Waals surface area contributed by atoms with Crippen molar-refractivity contribution >= 4 is 46.6 Å². The lowest BCUT2D eigenvalue weighted by atomic mass is 9.58. The summed E-state index contributed by atoms with van der Waals surface area (Å²) >= 11 is 12.8. The van der Waals surface area contributed by atoms with Gasteiger partial charge >= 0.3 is 0 Å². The fourth-order valence-corrected chi connectivity index (χ4v) is 7.78. The van der Waals surface area contributed by atoms with E-state index in [9.17, 15) is 14.4 Å². The van der Waals surface area contributed by atoms with Crippen LogP contribution in [0.4, 0.5) is 10.1 Å². The Hall–Kier alpha value is -3.46. The molecular formula is C34H35Cl2FN4O3. The number of hydrogen-bond donors (Lipinski definition) is 1. The maximum absolute atomic E-state index is 15.0. The third-order valence-corrected chi connectivity index (χ3v) is 9.99. The summed E-state index contributed by atoms with van der Waals surface area (Å²) in [6.07, 6.45) is 0.738. The highest BCUT2D eigenvalue weighted by Gasteiger charge is 2.63. The SMILES string of the molecule is CC(=O)N1CCN(CCCN2C(=O)C[C@@H](c3cccc(Cl)c3)[C@]3(C(=O)Nc4cc(Cl)ccc43)[C@H]2c2cc(F)ccc2C)CC1. The molecule has 0 aromatic heterocycles. The van der Waals surface area contributed by atoms with E-state index in [0.717, 1.165) is 36.3 Å². The fourth-order valence-electron chi connectivity index (χ4n) is 7.41. The number of carbonyl (C=O) groups excluding carboxylic acids is 3. The number of carbonyl (C=O) groups is 3. The summed E-state index contributed by atoms with van der Waals surface area (Å²) in [6.45, 7) is 7.46. The van der Waals surface area contributed by atoms with Gasteiger partial charge in [0.1, 0.15) is 11.2 Å². The van der Waals surface area contributed by atoms with Crippen molar-refractivity contribution in [2.45, 2.75) is 44.1 Å². The van der Waals surface area contributed by atoms with Crippen LogP contribution in [0.1, 0.15) is 54.0 Å². The van der Waals surface area contributed by atoms with Crippen molar-refractivity contribution in [1.82, 2.24) is 14.7 Å². The van der Waals surface area contributed by atoms with Gasteiger partial charge in [-0.3, -0.25) is 19.3 Å². The Kier molecular flexibility index (Phi) is 8.44. The first-order valence-corrected chi connectivity index (χ1v) is 15.8. The molecule has 3 amide bonds. The van der Waals surface area contributed by atoms with E-state index >= 15 is 4.39 Å². The van der Waals surface area contributed by atoms with E-state index in [0.29, 0.717) is 47.4 Å². The molecule has 3 aromatic rings. The number of piperazine rings is 1. The average molecular weight is 638 g/mol. The van der Waals surface area contributed by atoms with Crippen molar-refractivity contribution < 1.29 is 18.8 Å². The predicted molar refractivity (Wildman–Crippen MR) is 169 cm³/mol. The molecule has 2 saturated heterocycles. The number of benzene rings is 3. The summed E-state index contributed by atoms with van der Waals surface area (Å²) in [7, 11) is 0. The first-order chi connectivity index (χ1) is 21.1. The van der Waals surface area contributed by atoms with Crippen molar-refractivity contribution in [1.29, 1.82) is 0 Å². The monoisotopic (exact) mass is 636 g/mol. The lowest BCUT2D eigenvalue weighted by molar-refractivity contribution is -0.146. The van der Waals surface area contributed by atoms with Crippen LogP contribution in [0.2, 0.25) is 10.0 Å². The molecule has 230 valence electrons. The summed E-state index contributed by atoms with van der Waals surface area (Å²) in [5.74, 6) is -1.29. The van der Waals surface area contributed by atoms with E-state index < -0.39 is 23.2 Å². The third kappa shape index (κ3) is 5.37. The van der Waals surface area contributed by atoms with E-state index in [2.05, 4.69) is 10.2 Å². The second-order valence-corrected chi connectivity index (χ2v) is 12.9. The summed E-state index contributed by atoms with van der Waals surface area (Å²) < 4.78 is 15.0. The second kappa shape index (κ2) is 12.1. The van der Waals surface area contributed by atoms with E-state index in [1.165, 1.54) is 12.1 Å². The Labute approximate surface area is 266 Å². The molecule has 3 aliphatic rings. The van der Waals surface area contributed by atoms with Crippen LogP contribution in [0.15, 0.2) is 60.7 Å². The van der Waals surface area contributed by atoms with Gasteiger partial charge in [-0.15, -0.1) is 0 Å². The van der Waals surface area contributed by atoms with Crippen LogP contribution in [0.25, 0.3) is 0 Å². The number of hydrogen-bond acceptors (Lipinski definition) is 4. The first-order valence-electron chi connectivity index (χ1n) is 15.0. The number of piperidine rings is 1. The number of nitrogens with zero attached hydrogens (tertiary/aromatic N) is 3. The molecule has 44 heavy (non-hydrogen) atoms. The largest absolute Gasteiger partial charge is 0.340 e. The number of amides is 3. The molecule has 3 atom stereocenters. The Bertz CT molecular complexity index is 1630. The maximum Gasteiger partial charge on any atom is 0.238 e. The van der Waals surface area contributed by atoms with Crippen molar-refractivity contribution in [3.8, 4) is 0 Å². The molecule has 0 radical (unpaired) electrons. The molecule has 3 aliphatic heterocycles. The third-order valence-electron chi connectivity index (χ3n) is 9.52. The van der Waals surface area contributed by atoms with Crippen LogP contribution >= 0.6 is 23.2 Å². The zero-order chi connectivity index (χ0) is 31.2. The van der Waals surface area contributed by atoms with Crippen molar-refractivity contribution in [3.63, 3.8) is 0 Å². The van der Waals surface area contributed by atoms with Gasteiger partial charge in [-0.05, 0) is 78.5 Å². The van der Waals surface area contributed by atoms with Crippen LogP contribution < -0.4 is 5.32 Å². The summed E-state index contributed by atoms with van der Waals surface area (Å²) in [6, 6.07) is 16.4. The molecule has 3 heterocycles. The Morgan fingerprint density at radius 2 is 1.73 bits per heavy atom. The lowest BCUT2D eigenvalue weighted by Crippen LogP contribution is -2.59. The number of anilines is 1. The quantitative estimate of drug-likeness (QED) is 0.363. The van der Waals surface area contributed by atoms with Gasteiger partial charge in [0.2, 0.25) is 17.7 Å². The first kappa shape index (κ1) is 30.6. The number of likely N-dealkylation sites (tertiary alicyclic amines) is 1. The van der Waals surface area contributed by atoms with Crippen LogP contribution in [-0.2, 0) is 19.8 Å². The van der Waals surface area contributed by atoms with Crippen molar-refractivity contribution in [2.75, 3.05) is 44.6 Å². The van der Waals surface area contributed by atoms with E-state index in [1.54, 1.807) is 36.1 Å². The smallest absolute Gasteiger partial charge is 0.238 e. The van der Waals surface area contributed by atoms with Crippen LogP contribution in [0.3, 0.4) is 0 Å². The molecule has 2 fully saturated rings. The number of halogens is 3. The topological polar surface area (TPSA) is 73.0 Å². The standard InChI is InChI=1S/C34H35Cl2FN4O3/c1-21-7-9-26(37)19-27(21)32-34(28-10-8-25(36)18-30(28)38-33(34)44)29(23-5-3-6-24(35)17-23)20-31(43)41(32)12-4-11-39-13-15-40(16-14-39)22(2)42/h3,5-10,17-19,29,32H,4,11-16,20H2,1-2H3,(H,38,44)/t29-,32+,34-/m0/s1. The van der Waals surface area contributed by atoms with Crippen molar-refractivity contribution in [2.24, 2.45) is 0 Å². The van der Waals surface area contributed by atoms with E-state index in [-0.39, 0.29) is 24.1 Å². The minimum Gasteiger partial charge on any atom is -0.340 e. The van der Waals surface area contributed by atoms with Gasteiger partial charge in [-0.2, -0.15) is 0 Å². The van der Waals surface area contributed by atoms with Gasteiger partial charge in [-0.25, -0.2) is 4.39 Å². The zero-order valence-corrected chi connectivity index (χ0v) is 26.3. The minimum atomic E-state index is -1.27. The zero-order valence-electron chi connectivity index (χ0n) is 24.8. The molecule has 0 aliphatic carbocycles. The number of fused-ring (bicyclic) bond motifs is 2. The predicted octanol–water partition coefficient (Wildman–Crippen LogP) is 5.94. The molecule has 1 spiro atoms. The van der Waals surface area contributed by atoms with Gasteiger partial charge in [-0.1, -0.05) is 47.5 Å².